The number of ether oxygens (including phenoxy) is 2. The van der Waals surface area contributed by atoms with Crippen molar-refractivity contribution in [3.8, 4) is 0 Å². The second kappa shape index (κ2) is 6.19. The summed E-state index contributed by atoms with van der Waals surface area (Å²) in [6.45, 7) is 6.31. The van der Waals surface area contributed by atoms with E-state index in [1.165, 1.54) is 0 Å². The third-order valence-electron chi connectivity index (χ3n) is 8.78. The summed E-state index contributed by atoms with van der Waals surface area (Å²) in [5.74, 6) is -1.72. The molecule has 5 aliphatic rings. The molecule has 1 N–H and O–H groups in total. The lowest BCUT2D eigenvalue weighted by molar-refractivity contribution is -0.200. The van der Waals surface area contributed by atoms with Gasteiger partial charge < -0.3 is 19.5 Å². The fourth-order valence-electron chi connectivity index (χ4n) is 7.53. The highest BCUT2D eigenvalue weighted by molar-refractivity contribution is 5.89. The Bertz CT molecular complexity index is 768. The van der Waals surface area contributed by atoms with Crippen molar-refractivity contribution >= 4 is 17.8 Å². The van der Waals surface area contributed by atoms with E-state index >= 15 is 0 Å². The molecule has 4 aliphatic heterocycles. The molecule has 0 aromatic carbocycles. The van der Waals surface area contributed by atoms with Gasteiger partial charge in [0.2, 0.25) is 5.91 Å². The van der Waals surface area contributed by atoms with E-state index in [-0.39, 0.29) is 41.6 Å². The molecule has 1 amide bonds. The molecule has 2 bridgehead atoms. The van der Waals surface area contributed by atoms with Gasteiger partial charge in [0.15, 0.2) is 0 Å². The van der Waals surface area contributed by atoms with Crippen LogP contribution in [-0.2, 0) is 23.9 Å². The van der Waals surface area contributed by atoms with Gasteiger partial charge in [-0.3, -0.25) is 14.4 Å². The largest absolute Gasteiger partial charge is 0.461 e. The van der Waals surface area contributed by atoms with Gasteiger partial charge in [-0.15, -0.1) is 0 Å². The number of nitrogens with zero attached hydrogens (tertiary/aromatic N) is 1. The first kappa shape index (κ1) is 19.3. The number of hydrogen-bond acceptors (Lipinski definition) is 6. The Balaban J connectivity index is 1.63. The number of aliphatic hydroxyl groups is 1. The van der Waals surface area contributed by atoms with Gasteiger partial charge in [0.05, 0.1) is 28.9 Å². The number of hydrogen-bond donors (Lipinski definition) is 1. The Labute approximate surface area is 171 Å². The molecule has 9 atom stereocenters. The van der Waals surface area contributed by atoms with Crippen LogP contribution in [0.25, 0.3) is 0 Å². The number of carbonyl (C=O) groups excluding carboxylic acids is 3. The van der Waals surface area contributed by atoms with E-state index in [2.05, 4.69) is 0 Å². The van der Waals surface area contributed by atoms with Gasteiger partial charge in [-0.25, -0.2) is 0 Å². The van der Waals surface area contributed by atoms with E-state index < -0.39 is 29.1 Å². The summed E-state index contributed by atoms with van der Waals surface area (Å²) in [5.41, 5.74) is -2.22. The minimum absolute atomic E-state index is 0.0196. The maximum absolute atomic E-state index is 14.0. The molecule has 1 unspecified atom stereocenters. The van der Waals surface area contributed by atoms with Gasteiger partial charge in [-0.1, -0.05) is 27.2 Å². The molecule has 160 valence electrons. The number of carbonyl (C=O) groups is 3. The molecule has 1 spiro atoms. The van der Waals surface area contributed by atoms with Crippen molar-refractivity contribution < 1.29 is 29.0 Å². The molecular weight excluding hydrogens is 374 g/mol. The highest BCUT2D eigenvalue weighted by Gasteiger charge is 2.78. The molecule has 29 heavy (non-hydrogen) atoms. The normalized spacial score (nSPS) is 51.4. The van der Waals surface area contributed by atoms with Crippen LogP contribution in [0.4, 0.5) is 0 Å². The maximum atomic E-state index is 14.0. The van der Waals surface area contributed by atoms with E-state index in [1.807, 2.05) is 25.7 Å². The van der Waals surface area contributed by atoms with Crippen molar-refractivity contribution in [3.05, 3.63) is 0 Å². The first-order chi connectivity index (χ1) is 13.8. The van der Waals surface area contributed by atoms with Crippen LogP contribution in [0.2, 0.25) is 0 Å². The van der Waals surface area contributed by atoms with Crippen molar-refractivity contribution in [1.29, 1.82) is 0 Å². The maximum Gasteiger partial charge on any atom is 0.309 e. The Morgan fingerprint density at radius 2 is 1.90 bits per heavy atom. The monoisotopic (exact) mass is 405 g/mol. The summed E-state index contributed by atoms with van der Waals surface area (Å²) in [6.07, 6.45) is 3.14. The number of fused-ring (bicyclic) bond motifs is 3. The lowest BCUT2D eigenvalue weighted by Gasteiger charge is -2.55. The second-order valence-corrected chi connectivity index (χ2v) is 9.97. The minimum Gasteiger partial charge on any atom is -0.461 e. The van der Waals surface area contributed by atoms with Crippen LogP contribution in [0.15, 0.2) is 0 Å². The molecule has 5 rings (SSSR count). The molecule has 1 aliphatic carbocycles. The molecule has 7 nitrogen and oxygen atoms in total. The summed E-state index contributed by atoms with van der Waals surface area (Å²) in [5, 5.41) is 12.3. The third-order valence-corrected chi connectivity index (χ3v) is 8.78. The van der Waals surface area contributed by atoms with Gasteiger partial charge >= 0.3 is 11.9 Å². The summed E-state index contributed by atoms with van der Waals surface area (Å²) in [4.78, 5) is 40.4. The first-order valence-corrected chi connectivity index (χ1v) is 11.2. The van der Waals surface area contributed by atoms with E-state index in [1.54, 1.807) is 0 Å². The van der Waals surface area contributed by atoms with Crippen LogP contribution in [0.3, 0.4) is 0 Å². The minimum atomic E-state index is -1.31. The van der Waals surface area contributed by atoms with Gasteiger partial charge in [-0.05, 0) is 25.7 Å². The van der Waals surface area contributed by atoms with Crippen LogP contribution in [0, 0.1) is 29.1 Å². The van der Waals surface area contributed by atoms with Crippen LogP contribution >= 0.6 is 0 Å². The zero-order valence-corrected chi connectivity index (χ0v) is 17.4. The summed E-state index contributed by atoms with van der Waals surface area (Å²) >= 11 is 0. The third kappa shape index (κ3) is 2.20. The highest BCUT2D eigenvalue weighted by Crippen LogP contribution is 2.67. The number of amides is 1. The van der Waals surface area contributed by atoms with Crippen LogP contribution < -0.4 is 0 Å². The van der Waals surface area contributed by atoms with Crippen molar-refractivity contribution in [2.24, 2.45) is 29.1 Å². The van der Waals surface area contributed by atoms with Crippen molar-refractivity contribution in [1.82, 2.24) is 4.90 Å². The molecule has 7 heteroatoms. The molecular formula is C22H31NO6. The van der Waals surface area contributed by atoms with Gasteiger partial charge in [0.25, 0.3) is 0 Å². The standard InChI is InChI=1S/C22H31NO6/c1-4-13-17-16(12(3)19(25)29-17)22(27)10-14(15-9-11(2)18(24)28-15)23-8-6-5-7-21(13,22)20(23)26/h11-17,27H,4-10H2,1-3H3/t11-,12+,13-,14+,15-,16-,17-,21?,22+/m0/s1. The van der Waals surface area contributed by atoms with E-state index in [4.69, 9.17) is 9.47 Å². The predicted molar refractivity (Wildman–Crippen MR) is 101 cm³/mol. The summed E-state index contributed by atoms with van der Waals surface area (Å²) < 4.78 is 11.4. The Morgan fingerprint density at radius 3 is 2.55 bits per heavy atom. The Kier molecular flexibility index (Phi) is 4.13. The summed E-state index contributed by atoms with van der Waals surface area (Å²) in [6, 6.07) is -0.341. The topological polar surface area (TPSA) is 93.1 Å². The second-order valence-electron chi connectivity index (χ2n) is 9.97. The van der Waals surface area contributed by atoms with E-state index in [9.17, 15) is 19.5 Å². The van der Waals surface area contributed by atoms with Crippen LogP contribution in [0.1, 0.15) is 59.3 Å². The highest BCUT2D eigenvalue weighted by atomic mass is 16.6. The predicted octanol–water partition coefficient (Wildman–Crippen LogP) is 1.66. The van der Waals surface area contributed by atoms with E-state index in [0.717, 1.165) is 12.8 Å². The van der Waals surface area contributed by atoms with Crippen molar-refractivity contribution in [2.75, 3.05) is 6.54 Å². The number of cyclic esters (lactones) is 1. The number of esters is 2. The summed E-state index contributed by atoms with van der Waals surface area (Å²) in [7, 11) is 0. The van der Waals surface area contributed by atoms with Crippen molar-refractivity contribution in [2.45, 2.75) is 83.1 Å². The average molecular weight is 405 g/mol. The molecule has 1 saturated carbocycles. The first-order valence-electron chi connectivity index (χ1n) is 11.2. The van der Waals surface area contributed by atoms with Gasteiger partial charge in [0, 0.05) is 24.8 Å². The quantitative estimate of drug-likeness (QED) is 0.703. The Morgan fingerprint density at radius 1 is 1.14 bits per heavy atom. The average Bonchev–Trinajstić information content (AvgIpc) is 3.19. The fraction of sp³-hybridized carbons (Fsp3) is 0.864. The number of rotatable bonds is 2. The molecule has 4 heterocycles. The lowest BCUT2D eigenvalue weighted by atomic mass is 9.58. The molecule has 0 aromatic heterocycles. The zero-order chi connectivity index (χ0) is 20.7. The van der Waals surface area contributed by atoms with Gasteiger partial charge in [-0.2, -0.15) is 0 Å². The van der Waals surface area contributed by atoms with E-state index in [0.29, 0.717) is 32.2 Å². The lowest BCUT2D eigenvalue weighted by Crippen LogP contribution is -2.69. The smallest absolute Gasteiger partial charge is 0.309 e. The zero-order valence-electron chi connectivity index (χ0n) is 17.4. The number of piperidine rings is 1. The van der Waals surface area contributed by atoms with Crippen LogP contribution in [-0.4, -0.2) is 58.2 Å². The molecule has 0 radical (unpaired) electrons. The SMILES string of the molecule is CC[C@H]1[C@@H]2OC(=O)[C@H](C)[C@@H]2[C@]2(O)C[C@H]([C@@H]3C[C@H](C)C(=O)O3)N3CCCCC12C3=O. The fourth-order valence-corrected chi connectivity index (χ4v) is 7.53. The van der Waals surface area contributed by atoms with Crippen LogP contribution in [0.5, 0.6) is 0 Å². The molecule has 5 fully saturated rings. The molecule has 4 saturated heterocycles. The van der Waals surface area contributed by atoms with Gasteiger partial charge in [0.1, 0.15) is 12.2 Å². The van der Waals surface area contributed by atoms with Crippen molar-refractivity contribution in [3.63, 3.8) is 0 Å². The Hall–Kier alpha value is -1.63. The molecule has 0 aromatic rings.